The van der Waals surface area contributed by atoms with Crippen molar-refractivity contribution >= 4 is 0 Å². The number of nitrogens with zero attached hydrogens (tertiary/aromatic N) is 2. The van der Waals surface area contributed by atoms with Crippen molar-refractivity contribution in [3.8, 4) is 5.88 Å². The van der Waals surface area contributed by atoms with E-state index >= 15 is 0 Å². The molecule has 0 bridgehead atoms. The summed E-state index contributed by atoms with van der Waals surface area (Å²) < 4.78 is 4.94. The van der Waals surface area contributed by atoms with Crippen molar-refractivity contribution in [1.29, 1.82) is 0 Å². The zero-order chi connectivity index (χ0) is 11.3. The van der Waals surface area contributed by atoms with Gasteiger partial charge in [-0.05, 0) is 18.4 Å². The molecule has 0 saturated heterocycles. The molecule has 0 radical (unpaired) electrons. The number of ether oxygens (including phenoxy) is 1. The maximum atomic E-state index is 5.47. The third-order valence-corrected chi connectivity index (χ3v) is 2.14. The van der Waals surface area contributed by atoms with Gasteiger partial charge in [-0.25, -0.2) is 0 Å². The van der Waals surface area contributed by atoms with Gasteiger partial charge in [0.15, 0.2) is 0 Å². The molecule has 0 aliphatic carbocycles. The van der Waals surface area contributed by atoms with Crippen LogP contribution in [0, 0.1) is 5.92 Å². The lowest BCUT2D eigenvalue weighted by Gasteiger charge is -2.16. The molecule has 0 amide bonds. The van der Waals surface area contributed by atoms with E-state index in [1.54, 1.807) is 13.2 Å². The Morgan fingerprint density at radius 2 is 2.13 bits per heavy atom. The van der Waals surface area contributed by atoms with Crippen LogP contribution in [-0.4, -0.2) is 17.3 Å². The first-order valence-corrected chi connectivity index (χ1v) is 5.01. The fourth-order valence-electron chi connectivity index (χ4n) is 1.37. The molecule has 84 valence electrons. The highest BCUT2D eigenvalue weighted by atomic mass is 16.5. The predicted octanol–water partition coefficient (Wildman–Crippen LogP) is 1.04. The molecule has 0 aliphatic heterocycles. The van der Waals surface area contributed by atoms with Crippen molar-refractivity contribution in [2.45, 2.75) is 26.3 Å². The summed E-state index contributed by atoms with van der Waals surface area (Å²) in [6.45, 7) is 4.28. The minimum atomic E-state index is 0.0448. The number of rotatable bonds is 5. The molecule has 1 rings (SSSR count). The van der Waals surface area contributed by atoms with Crippen molar-refractivity contribution < 1.29 is 4.74 Å². The summed E-state index contributed by atoms with van der Waals surface area (Å²) >= 11 is 0. The molecule has 1 aromatic heterocycles. The zero-order valence-corrected chi connectivity index (χ0v) is 9.40. The zero-order valence-electron chi connectivity index (χ0n) is 9.40. The summed E-state index contributed by atoms with van der Waals surface area (Å²) in [5.41, 5.74) is 3.58. The fourth-order valence-corrected chi connectivity index (χ4v) is 1.37. The van der Waals surface area contributed by atoms with E-state index in [1.165, 1.54) is 0 Å². The highest BCUT2D eigenvalue weighted by Gasteiger charge is 2.13. The Hall–Kier alpha value is -1.20. The van der Waals surface area contributed by atoms with Crippen LogP contribution in [0.3, 0.4) is 0 Å². The molecule has 0 saturated carbocycles. The van der Waals surface area contributed by atoms with Crippen molar-refractivity contribution in [3.63, 3.8) is 0 Å². The molecule has 0 fully saturated rings. The van der Waals surface area contributed by atoms with Gasteiger partial charge in [-0.1, -0.05) is 13.8 Å². The van der Waals surface area contributed by atoms with Crippen molar-refractivity contribution in [2.24, 2.45) is 11.8 Å². The monoisotopic (exact) mass is 210 g/mol. The van der Waals surface area contributed by atoms with Crippen molar-refractivity contribution in [3.05, 3.63) is 17.8 Å². The van der Waals surface area contributed by atoms with Gasteiger partial charge in [-0.2, -0.15) is 5.10 Å². The molecule has 15 heavy (non-hydrogen) atoms. The number of nitrogens with one attached hydrogen (secondary N) is 1. The fraction of sp³-hybridized carbons (Fsp3) is 0.600. The summed E-state index contributed by atoms with van der Waals surface area (Å²) in [5.74, 6) is 6.54. The quantitative estimate of drug-likeness (QED) is 0.561. The number of nitrogens with two attached hydrogens (primary N) is 1. The first-order valence-electron chi connectivity index (χ1n) is 5.01. The maximum Gasteiger partial charge on any atom is 0.233 e. The second-order valence-electron chi connectivity index (χ2n) is 3.85. The van der Waals surface area contributed by atoms with Gasteiger partial charge >= 0.3 is 0 Å². The van der Waals surface area contributed by atoms with Crippen LogP contribution in [0.4, 0.5) is 0 Å². The molecular weight excluding hydrogens is 192 g/mol. The van der Waals surface area contributed by atoms with Crippen LogP contribution < -0.4 is 16.0 Å². The number of hydrazine groups is 1. The Labute approximate surface area is 90.0 Å². The first-order chi connectivity index (χ1) is 7.17. The first kappa shape index (κ1) is 11.9. The number of aromatic nitrogens is 2. The lowest BCUT2D eigenvalue weighted by atomic mass is 10.0. The number of hydrogen-bond donors (Lipinski definition) is 2. The smallest absolute Gasteiger partial charge is 0.233 e. The van der Waals surface area contributed by atoms with Gasteiger partial charge in [0.25, 0.3) is 0 Å². The summed E-state index contributed by atoms with van der Waals surface area (Å²) in [5, 5.41) is 7.96. The molecule has 1 atom stereocenters. The van der Waals surface area contributed by atoms with E-state index in [-0.39, 0.29) is 6.04 Å². The molecule has 1 unspecified atom stereocenters. The third kappa shape index (κ3) is 3.45. The van der Waals surface area contributed by atoms with Gasteiger partial charge in [0.1, 0.15) is 0 Å². The van der Waals surface area contributed by atoms with Crippen molar-refractivity contribution in [2.75, 3.05) is 7.11 Å². The van der Waals surface area contributed by atoms with Crippen LogP contribution in [0.15, 0.2) is 12.1 Å². The largest absolute Gasteiger partial charge is 0.480 e. The molecule has 0 spiro atoms. The van der Waals surface area contributed by atoms with Crippen LogP contribution in [0.25, 0.3) is 0 Å². The molecule has 1 heterocycles. The highest BCUT2D eigenvalue weighted by molar-refractivity contribution is 5.13. The van der Waals surface area contributed by atoms with Crippen LogP contribution in [-0.2, 0) is 0 Å². The van der Waals surface area contributed by atoms with Gasteiger partial charge < -0.3 is 4.74 Å². The summed E-state index contributed by atoms with van der Waals surface area (Å²) in [7, 11) is 1.57. The lowest BCUT2D eigenvalue weighted by Crippen LogP contribution is -2.29. The van der Waals surface area contributed by atoms with Crippen LogP contribution >= 0.6 is 0 Å². The van der Waals surface area contributed by atoms with Crippen LogP contribution in [0.5, 0.6) is 5.88 Å². The molecular formula is C10H18N4O. The van der Waals surface area contributed by atoms with Gasteiger partial charge in [0, 0.05) is 6.07 Å². The Balaban J connectivity index is 2.74. The average Bonchev–Trinajstić information content (AvgIpc) is 2.26. The van der Waals surface area contributed by atoms with Crippen LogP contribution in [0.2, 0.25) is 0 Å². The van der Waals surface area contributed by atoms with E-state index in [0.29, 0.717) is 11.8 Å². The summed E-state index contributed by atoms with van der Waals surface area (Å²) in [6, 6.07) is 3.70. The standard InChI is InChI=1S/C10H18N4O/c1-7(2)6-9(12-11)8-4-5-10(15-3)14-13-8/h4-5,7,9,12H,6,11H2,1-3H3. The lowest BCUT2D eigenvalue weighted by molar-refractivity contribution is 0.385. The Morgan fingerprint density at radius 3 is 2.53 bits per heavy atom. The number of hydrogen-bond acceptors (Lipinski definition) is 5. The minimum absolute atomic E-state index is 0.0448. The average molecular weight is 210 g/mol. The second kappa shape index (κ2) is 5.63. The molecule has 0 aromatic carbocycles. The molecule has 0 aliphatic rings. The SMILES string of the molecule is COc1ccc(C(CC(C)C)NN)nn1. The summed E-state index contributed by atoms with van der Waals surface area (Å²) in [6.07, 6.45) is 0.928. The van der Waals surface area contributed by atoms with Crippen molar-refractivity contribution in [1.82, 2.24) is 15.6 Å². The number of methoxy groups -OCH3 is 1. The Morgan fingerprint density at radius 1 is 1.40 bits per heavy atom. The predicted molar refractivity (Wildman–Crippen MR) is 58.1 cm³/mol. The van der Waals surface area contributed by atoms with Gasteiger partial charge in [0.2, 0.25) is 5.88 Å². The third-order valence-electron chi connectivity index (χ3n) is 2.14. The highest BCUT2D eigenvalue weighted by Crippen LogP contribution is 2.18. The minimum Gasteiger partial charge on any atom is -0.480 e. The Bertz CT molecular complexity index is 286. The maximum absolute atomic E-state index is 5.47. The molecule has 5 heteroatoms. The van der Waals surface area contributed by atoms with Crippen LogP contribution in [0.1, 0.15) is 32.0 Å². The van der Waals surface area contributed by atoms with E-state index in [4.69, 9.17) is 10.6 Å². The van der Waals surface area contributed by atoms with E-state index in [1.807, 2.05) is 6.07 Å². The topological polar surface area (TPSA) is 73.1 Å². The molecule has 1 aromatic rings. The van der Waals surface area contributed by atoms with Gasteiger partial charge in [-0.3, -0.25) is 11.3 Å². The van der Waals surface area contributed by atoms with E-state index in [2.05, 4.69) is 29.5 Å². The molecule has 5 nitrogen and oxygen atoms in total. The summed E-state index contributed by atoms with van der Waals surface area (Å²) in [4.78, 5) is 0. The van der Waals surface area contributed by atoms with E-state index < -0.39 is 0 Å². The normalized spacial score (nSPS) is 12.9. The van der Waals surface area contributed by atoms with E-state index in [9.17, 15) is 0 Å². The van der Waals surface area contributed by atoms with E-state index in [0.717, 1.165) is 12.1 Å². The molecule has 3 N–H and O–H groups in total. The second-order valence-corrected chi connectivity index (χ2v) is 3.85. The van der Waals surface area contributed by atoms with Gasteiger partial charge in [-0.15, -0.1) is 5.10 Å². The Kier molecular flexibility index (Phi) is 4.45. The van der Waals surface area contributed by atoms with Gasteiger partial charge in [0.05, 0.1) is 18.8 Å².